The Balaban J connectivity index is 1.50. The van der Waals surface area contributed by atoms with E-state index in [2.05, 4.69) is 26.1 Å². The summed E-state index contributed by atoms with van der Waals surface area (Å²) < 4.78 is 11.7. The first-order valence-corrected chi connectivity index (χ1v) is 16.1. The van der Waals surface area contributed by atoms with Crippen LogP contribution in [-0.2, 0) is 0 Å². The second kappa shape index (κ2) is 22.0. The smallest absolute Gasteiger partial charge is 0.187 e. The van der Waals surface area contributed by atoms with Crippen molar-refractivity contribution in [1.29, 1.82) is 0 Å². The third-order valence-corrected chi connectivity index (χ3v) is 7.48. The fourth-order valence-electron chi connectivity index (χ4n) is 4.52. The maximum absolute atomic E-state index is 12.4. The van der Waals surface area contributed by atoms with Crippen LogP contribution in [0.4, 0.5) is 5.69 Å². The van der Waals surface area contributed by atoms with Crippen LogP contribution in [0.3, 0.4) is 0 Å². The van der Waals surface area contributed by atoms with E-state index >= 15 is 0 Å². The summed E-state index contributed by atoms with van der Waals surface area (Å²) in [6, 6.07) is 15.2. The summed E-state index contributed by atoms with van der Waals surface area (Å²) >= 11 is 0. The topological polar surface area (TPSA) is 47.6 Å². The van der Waals surface area contributed by atoms with Crippen molar-refractivity contribution in [2.45, 2.75) is 117 Å². The number of ether oxygens (including phenoxy) is 2. The molecule has 0 aliphatic heterocycles. The molecule has 0 aliphatic rings. The molecule has 0 heterocycles. The van der Waals surface area contributed by atoms with Gasteiger partial charge in [-0.25, -0.2) is 0 Å². The number of ketones is 1. The summed E-state index contributed by atoms with van der Waals surface area (Å²) in [5, 5.41) is 3.16. The Morgan fingerprint density at radius 1 is 0.700 bits per heavy atom. The number of hydrogen-bond acceptors (Lipinski definition) is 4. The van der Waals surface area contributed by atoms with Gasteiger partial charge in [0.2, 0.25) is 0 Å². The molecule has 0 aromatic heterocycles. The quantitative estimate of drug-likeness (QED) is 0.0803. The van der Waals surface area contributed by atoms with Crippen molar-refractivity contribution in [3.63, 3.8) is 0 Å². The van der Waals surface area contributed by atoms with Crippen LogP contribution in [0.5, 0.6) is 11.5 Å². The van der Waals surface area contributed by atoms with Crippen molar-refractivity contribution in [2.75, 3.05) is 18.5 Å². The predicted octanol–water partition coefficient (Wildman–Crippen LogP) is 10.8. The van der Waals surface area contributed by atoms with Crippen molar-refractivity contribution in [1.82, 2.24) is 0 Å². The lowest BCUT2D eigenvalue weighted by molar-refractivity contribution is 0.104. The highest BCUT2D eigenvalue weighted by Crippen LogP contribution is 2.18. The average Bonchev–Trinajstić information content (AvgIpc) is 2.98. The molecule has 1 N–H and O–H groups in total. The van der Waals surface area contributed by atoms with Crippen LogP contribution in [0.2, 0.25) is 0 Å². The molecule has 4 nitrogen and oxygen atoms in total. The minimum Gasteiger partial charge on any atom is -0.494 e. The monoisotopic (exact) mass is 549 g/mol. The van der Waals surface area contributed by atoms with Crippen molar-refractivity contribution in [3.8, 4) is 11.5 Å². The second-order valence-electron chi connectivity index (χ2n) is 11.2. The summed E-state index contributed by atoms with van der Waals surface area (Å²) in [5.41, 5.74) is 1.56. The van der Waals surface area contributed by atoms with Crippen LogP contribution in [0.25, 0.3) is 0 Å². The van der Waals surface area contributed by atoms with Gasteiger partial charge in [0.15, 0.2) is 5.78 Å². The summed E-state index contributed by atoms with van der Waals surface area (Å²) in [4.78, 5) is 12.4. The predicted molar refractivity (Wildman–Crippen MR) is 171 cm³/mol. The number of unbranched alkanes of at least 4 members (excludes halogenated alkanes) is 13. The summed E-state index contributed by atoms with van der Waals surface area (Å²) in [6.45, 7) is 8.06. The van der Waals surface area contributed by atoms with E-state index in [0.29, 0.717) is 18.1 Å². The lowest BCUT2D eigenvalue weighted by Crippen LogP contribution is -2.07. The van der Waals surface area contributed by atoms with Crippen LogP contribution in [0.15, 0.2) is 60.8 Å². The fourth-order valence-corrected chi connectivity index (χ4v) is 4.52. The largest absolute Gasteiger partial charge is 0.494 e. The van der Waals surface area contributed by atoms with Gasteiger partial charge in [-0.05, 0) is 60.9 Å². The first-order chi connectivity index (χ1) is 19.6. The second-order valence-corrected chi connectivity index (χ2v) is 11.2. The lowest BCUT2D eigenvalue weighted by atomic mass is 10.0. The van der Waals surface area contributed by atoms with Gasteiger partial charge in [-0.3, -0.25) is 4.79 Å². The normalized spacial score (nSPS) is 12.0. The molecule has 2 aromatic rings. The number of carbonyl (C=O) groups excluding carboxylic acids is 1. The molecule has 0 bridgehead atoms. The van der Waals surface area contributed by atoms with Crippen molar-refractivity contribution in [2.24, 2.45) is 5.92 Å². The Hall–Kier alpha value is -2.75. The number of carbonyl (C=O) groups is 1. The van der Waals surface area contributed by atoms with Gasteiger partial charge in [0.05, 0.1) is 13.2 Å². The van der Waals surface area contributed by atoms with Gasteiger partial charge in [0.25, 0.3) is 0 Å². The zero-order chi connectivity index (χ0) is 28.7. The van der Waals surface area contributed by atoms with Gasteiger partial charge in [-0.1, -0.05) is 111 Å². The van der Waals surface area contributed by atoms with E-state index in [1.807, 2.05) is 48.5 Å². The average molecular weight is 550 g/mol. The third-order valence-electron chi connectivity index (χ3n) is 7.48. The maximum atomic E-state index is 12.4. The molecule has 0 spiro atoms. The standard InChI is InChI=1S/C36H55NO3/c1-4-6-7-8-9-10-11-12-13-14-15-16-17-18-29-39-34-25-21-33(22-26-34)37-28-27-36(38)32-19-23-35(24-20-32)40-30-31(3)5-2/h19-28,31,37H,4-18,29-30H2,1-3H3/b28-27+/t31-/m1/s1. The number of anilines is 1. The molecular formula is C36H55NO3. The Morgan fingerprint density at radius 3 is 1.75 bits per heavy atom. The Bertz CT molecular complexity index is 920. The SMILES string of the molecule is CCCCCCCCCCCCCCCCOc1ccc(N/C=C/C(=O)c2ccc(OC[C@H](C)CC)cc2)cc1. The maximum Gasteiger partial charge on any atom is 0.187 e. The van der Waals surface area contributed by atoms with E-state index in [9.17, 15) is 4.79 Å². The lowest BCUT2D eigenvalue weighted by Gasteiger charge is -2.10. The molecule has 4 heteroatoms. The third kappa shape index (κ3) is 15.7. The van der Waals surface area contributed by atoms with Gasteiger partial charge >= 0.3 is 0 Å². The molecule has 1 atom stereocenters. The number of rotatable bonds is 24. The highest BCUT2D eigenvalue weighted by molar-refractivity contribution is 6.04. The molecule has 40 heavy (non-hydrogen) atoms. The van der Waals surface area contributed by atoms with E-state index in [0.717, 1.165) is 36.6 Å². The molecule has 0 radical (unpaired) electrons. The molecule has 0 saturated carbocycles. The molecule has 0 amide bonds. The zero-order valence-corrected chi connectivity index (χ0v) is 25.6. The molecular weight excluding hydrogens is 494 g/mol. The summed E-state index contributed by atoms with van der Waals surface area (Å²) in [6.07, 6.45) is 23.4. The number of hydrogen-bond donors (Lipinski definition) is 1. The first-order valence-electron chi connectivity index (χ1n) is 16.1. The summed E-state index contributed by atoms with van der Waals surface area (Å²) in [5.74, 6) is 2.15. The van der Waals surface area contributed by atoms with Crippen LogP contribution in [0, 0.1) is 5.92 Å². The molecule has 222 valence electrons. The van der Waals surface area contributed by atoms with Crippen LogP contribution in [0.1, 0.15) is 127 Å². The number of allylic oxidation sites excluding steroid dienone is 1. The Morgan fingerprint density at radius 2 is 1.20 bits per heavy atom. The van der Waals surface area contributed by atoms with E-state index in [-0.39, 0.29) is 5.78 Å². The molecule has 0 unspecified atom stereocenters. The highest BCUT2D eigenvalue weighted by Gasteiger charge is 2.04. The van der Waals surface area contributed by atoms with Crippen LogP contribution in [-0.4, -0.2) is 19.0 Å². The van der Waals surface area contributed by atoms with Crippen LogP contribution >= 0.6 is 0 Å². The summed E-state index contributed by atoms with van der Waals surface area (Å²) in [7, 11) is 0. The van der Waals surface area contributed by atoms with Gasteiger partial charge in [0, 0.05) is 23.5 Å². The minimum absolute atomic E-state index is 0.0471. The van der Waals surface area contributed by atoms with E-state index in [4.69, 9.17) is 9.47 Å². The molecule has 0 saturated heterocycles. The molecule has 0 fully saturated rings. The van der Waals surface area contributed by atoms with Gasteiger partial charge in [-0.2, -0.15) is 0 Å². The number of nitrogens with one attached hydrogen (secondary N) is 1. The Kier molecular flexibility index (Phi) is 18.4. The first kappa shape index (κ1) is 33.5. The zero-order valence-electron chi connectivity index (χ0n) is 25.6. The van der Waals surface area contributed by atoms with Crippen LogP contribution < -0.4 is 14.8 Å². The molecule has 2 aromatic carbocycles. The fraction of sp³-hybridized carbons (Fsp3) is 0.583. The van der Waals surface area contributed by atoms with Crippen molar-refractivity contribution < 1.29 is 14.3 Å². The minimum atomic E-state index is -0.0471. The van der Waals surface area contributed by atoms with Gasteiger partial charge in [-0.15, -0.1) is 0 Å². The van der Waals surface area contributed by atoms with Crippen molar-refractivity contribution >= 4 is 11.5 Å². The van der Waals surface area contributed by atoms with E-state index in [1.165, 1.54) is 83.5 Å². The van der Waals surface area contributed by atoms with Crippen molar-refractivity contribution in [3.05, 3.63) is 66.4 Å². The van der Waals surface area contributed by atoms with E-state index < -0.39 is 0 Å². The number of benzene rings is 2. The van der Waals surface area contributed by atoms with Gasteiger partial charge in [0.1, 0.15) is 11.5 Å². The highest BCUT2D eigenvalue weighted by atomic mass is 16.5. The molecule has 2 rings (SSSR count). The molecule has 0 aliphatic carbocycles. The Labute approximate surface area is 244 Å². The van der Waals surface area contributed by atoms with E-state index in [1.54, 1.807) is 12.3 Å². The van der Waals surface area contributed by atoms with Gasteiger partial charge < -0.3 is 14.8 Å².